The molecule has 0 amide bonds. The molecule has 4 heteroatoms. The Morgan fingerprint density at radius 3 is 2.89 bits per heavy atom. The summed E-state index contributed by atoms with van der Waals surface area (Å²) in [6.45, 7) is 4.58. The fourth-order valence-electron chi connectivity index (χ4n) is 2.74. The monoisotopic (exact) mass is 257 g/mol. The van der Waals surface area contributed by atoms with Crippen molar-refractivity contribution < 1.29 is 5.11 Å². The number of hydrogen-bond acceptors (Lipinski definition) is 3. The number of nitrogens with one attached hydrogen (secondary N) is 1. The van der Waals surface area contributed by atoms with Gasteiger partial charge in [0.25, 0.3) is 0 Å². The second-order valence-corrected chi connectivity index (χ2v) is 5.09. The van der Waals surface area contributed by atoms with Gasteiger partial charge >= 0.3 is 0 Å². The number of aliphatic hydroxyl groups excluding tert-OH is 1. The van der Waals surface area contributed by atoms with Crippen LogP contribution in [-0.4, -0.2) is 28.0 Å². The second-order valence-electron chi connectivity index (χ2n) is 5.09. The highest BCUT2D eigenvalue weighted by atomic mass is 16.3. The van der Waals surface area contributed by atoms with Crippen LogP contribution in [0.4, 0.5) is 0 Å². The number of aliphatic hydroxyl groups is 1. The zero-order valence-corrected chi connectivity index (χ0v) is 11.1. The van der Waals surface area contributed by atoms with Crippen LogP contribution in [0.2, 0.25) is 0 Å². The largest absolute Gasteiger partial charge is 0.394 e. The molecule has 0 fully saturated rings. The highest BCUT2D eigenvalue weighted by molar-refractivity contribution is 5.37. The Balaban J connectivity index is 1.96. The molecule has 2 heterocycles. The Kier molecular flexibility index (Phi) is 3.36. The van der Waals surface area contributed by atoms with Gasteiger partial charge in [-0.2, -0.15) is 5.10 Å². The standard InChI is InChI=1S/C15H19N3O/c1-11-2-4-12(5-3-11)13-8-16-10-15-14(13)9-17-18(15)6-7-19/h2-5,9,13,16,19H,6-8,10H2,1H3. The minimum absolute atomic E-state index is 0.128. The van der Waals surface area contributed by atoms with Gasteiger partial charge in [-0.1, -0.05) is 29.8 Å². The number of rotatable bonds is 3. The molecule has 1 aliphatic heterocycles. The van der Waals surface area contributed by atoms with Gasteiger partial charge in [-0.3, -0.25) is 4.68 Å². The Labute approximate surface area is 113 Å². The maximum absolute atomic E-state index is 9.07. The maximum atomic E-state index is 9.07. The van der Waals surface area contributed by atoms with Crippen LogP contribution in [0, 0.1) is 6.92 Å². The molecule has 0 bridgehead atoms. The summed E-state index contributed by atoms with van der Waals surface area (Å²) in [6.07, 6.45) is 1.95. The first kappa shape index (κ1) is 12.4. The topological polar surface area (TPSA) is 50.1 Å². The summed E-state index contributed by atoms with van der Waals surface area (Å²) < 4.78 is 1.91. The first-order valence-electron chi connectivity index (χ1n) is 6.72. The molecule has 0 saturated carbocycles. The highest BCUT2D eigenvalue weighted by Crippen LogP contribution is 2.30. The minimum Gasteiger partial charge on any atom is -0.394 e. The van der Waals surface area contributed by atoms with Crippen LogP contribution < -0.4 is 5.32 Å². The first-order chi connectivity index (χ1) is 9.29. The van der Waals surface area contributed by atoms with Crippen molar-refractivity contribution in [2.24, 2.45) is 0 Å². The van der Waals surface area contributed by atoms with Gasteiger partial charge in [0.2, 0.25) is 0 Å². The summed E-state index contributed by atoms with van der Waals surface area (Å²) in [5.74, 6) is 0.358. The summed E-state index contributed by atoms with van der Waals surface area (Å²) in [4.78, 5) is 0. The fraction of sp³-hybridized carbons (Fsp3) is 0.400. The molecule has 1 aromatic carbocycles. The minimum atomic E-state index is 0.128. The van der Waals surface area contributed by atoms with Gasteiger partial charge in [-0.25, -0.2) is 0 Å². The van der Waals surface area contributed by atoms with Crippen molar-refractivity contribution in [1.82, 2.24) is 15.1 Å². The fourth-order valence-corrected chi connectivity index (χ4v) is 2.74. The first-order valence-corrected chi connectivity index (χ1v) is 6.72. The zero-order chi connectivity index (χ0) is 13.2. The maximum Gasteiger partial charge on any atom is 0.0644 e. The predicted octanol–water partition coefficient (Wildman–Crippen LogP) is 1.42. The molecule has 1 atom stereocenters. The predicted molar refractivity (Wildman–Crippen MR) is 74.0 cm³/mol. The van der Waals surface area contributed by atoms with Crippen molar-refractivity contribution in [3.05, 3.63) is 52.8 Å². The molecule has 100 valence electrons. The van der Waals surface area contributed by atoms with Crippen LogP contribution in [0.3, 0.4) is 0 Å². The van der Waals surface area contributed by atoms with Gasteiger partial charge in [0.1, 0.15) is 0 Å². The molecule has 4 nitrogen and oxygen atoms in total. The molecular formula is C15H19N3O. The molecule has 2 aromatic rings. The lowest BCUT2D eigenvalue weighted by molar-refractivity contribution is 0.266. The third-order valence-corrected chi connectivity index (χ3v) is 3.79. The third-order valence-electron chi connectivity index (χ3n) is 3.79. The van der Waals surface area contributed by atoms with Crippen LogP contribution in [-0.2, 0) is 13.1 Å². The summed E-state index contributed by atoms with van der Waals surface area (Å²) in [5, 5.41) is 16.9. The van der Waals surface area contributed by atoms with Crippen molar-refractivity contribution in [3.63, 3.8) is 0 Å². The van der Waals surface area contributed by atoms with Crippen molar-refractivity contribution >= 4 is 0 Å². The van der Waals surface area contributed by atoms with E-state index in [0.717, 1.165) is 13.1 Å². The van der Waals surface area contributed by atoms with Gasteiger partial charge in [0.15, 0.2) is 0 Å². The Bertz CT molecular complexity index is 559. The highest BCUT2D eigenvalue weighted by Gasteiger charge is 2.24. The van der Waals surface area contributed by atoms with Crippen LogP contribution >= 0.6 is 0 Å². The smallest absolute Gasteiger partial charge is 0.0644 e. The molecule has 2 N–H and O–H groups in total. The number of aromatic nitrogens is 2. The molecule has 1 unspecified atom stereocenters. The lowest BCUT2D eigenvalue weighted by Gasteiger charge is -2.24. The normalized spacial score (nSPS) is 18.3. The quantitative estimate of drug-likeness (QED) is 0.874. The summed E-state index contributed by atoms with van der Waals surface area (Å²) in [5.41, 5.74) is 5.09. The van der Waals surface area contributed by atoms with E-state index in [9.17, 15) is 0 Å². The van der Waals surface area contributed by atoms with Crippen molar-refractivity contribution in [3.8, 4) is 0 Å². The molecule has 0 saturated heterocycles. The number of benzene rings is 1. The van der Waals surface area contributed by atoms with E-state index >= 15 is 0 Å². The van der Waals surface area contributed by atoms with Crippen LogP contribution in [0.1, 0.15) is 28.3 Å². The summed E-state index contributed by atoms with van der Waals surface area (Å²) >= 11 is 0. The van der Waals surface area contributed by atoms with E-state index in [-0.39, 0.29) is 6.61 Å². The zero-order valence-electron chi connectivity index (χ0n) is 11.1. The van der Waals surface area contributed by atoms with Gasteiger partial charge in [-0.05, 0) is 12.5 Å². The molecule has 19 heavy (non-hydrogen) atoms. The van der Waals surface area contributed by atoms with Crippen LogP contribution in [0.5, 0.6) is 0 Å². The Morgan fingerprint density at radius 2 is 2.16 bits per heavy atom. The lowest BCUT2D eigenvalue weighted by atomic mass is 9.89. The molecule has 0 aliphatic carbocycles. The average Bonchev–Trinajstić information content (AvgIpc) is 2.84. The number of fused-ring (bicyclic) bond motifs is 1. The van der Waals surface area contributed by atoms with E-state index in [1.807, 2.05) is 10.9 Å². The Hall–Kier alpha value is -1.65. The second kappa shape index (κ2) is 5.15. The van der Waals surface area contributed by atoms with E-state index in [1.165, 1.54) is 22.4 Å². The van der Waals surface area contributed by atoms with Crippen molar-refractivity contribution in [1.29, 1.82) is 0 Å². The van der Waals surface area contributed by atoms with Gasteiger partial charge in [0, 0.05) is 24.6 Å². The molecular weight excluding hydrogens is 238 g/mol. The SMILES string of the molecule is Cc1ccc(C2CNCc3c2cnn3CCO)cc1. The van der Waals surface area contributed by atoms with E-state index < -0.39 is 0 Å². The average molecular weight is 257 g/mol. The van der Waals surface area contributed by atoms with Crippen LogP contribution in [0.15, 0.2) is 30.5 Å². The molecule has 0 radical (unpaired) electrons. The molecule has 0 spiro atoms. The van der Waals surface area contributed by atoms with Gasteiger partial charge in [-0.15, -0.1) is 0 Å². The molecule has 1 aliphatic rings. The van der Waals surface area contributed by atoms with Gasteiger partial charge < -0.3 is 10.4 Å². The number of aryl methyl sites for hydroxylation is 1. The van der Waals surface area contributed by atoms with E-state index in [2.05, 4.69) is 41.6 Å². The third kappa shape index (κ3) is 2.29. The van der Waals surface area contributed by atoms with Crippen molar-refractivity contribution in [2.45, 2.75) is 25.9 Å². The lowest BCUT2D eigenvalue weighted by Crippen LogP contribution is -2.30. The van der Waals surface area contributed by atoms with E-state index in [4.69, 9.17) is 5.11 Å². The van der Waals surface area contributed by atoms with E-state index in [0.29, 0.717) is 12.5 Å². The van der Waals surface area contributed by atoms with Crippen LogP contribution in [0.25, 0.3) is 0 Å². The van der Waals surface area contributed by atoms with Crippen molar-refractivity contribution in [2.75, 3.05) is 13.2 Å². The van der Waals surface area contributed by atoms with E-state index in [1.54, 1.807) is 0 Å². The van der Waals surface area contributed by atoms with Gasteiger partial charge in [0.05, 0.1) is 25.0 Å². The Morgan fingerprint density at radius 1 is 1.37 bits per heavy atom. The molecule has 3 rings (SSSR count). The number of hydrogen-bond donors (Lipinski definition) is 2. The molecule has 1 aromatic heterocycles. The summed E-state index contributed by atoms with van der Waals surface area (Å²) in [7, 11) is 0. The number of nitrogens with zero attached hydrogens (tertiary/aromatic N) is 2. The summed E-state index contributed by atoms with van der Waals surface area (Å²) in [6, 6.07) is 8.70.